The maximum atomic E-state index is 11.0. The molecule has 1 aliphatic heterocycles. The van der Waals surface area contributed by atoms with Crippen LogP contribution in [-0.2, 0) is 6.54 Å². The lowest BCUT2D eigenvalue weighted by Crippen LogP contribution is -2.42. The van der Waals surface area contributed by atoms with Crippen molar-refractivity contribution in [3.8, 4) is 0 Å². The maximum absolute atomic E-state index is 11.0. The van der Waals surface area contributed by atoms with Gasteiger partial charge in [0.1, 0.15) is 0 Å². The third kappa shape index (κ3) is 3.77. The lowest BCUT2D eigenvalue weighted by atomic mass is 10.0. The van der Waals surface area contributed by atoms with Gasteiger partial charge in [0.2, 0.25) is 0 Å². The summed E-state index contributed by atoms with van der Waals surface area (Å²) in [6, 6.07) is 5.87. The largest absolute Gasteiger partial charge is 0.313 e. The Kier molecular flexibility index (Phi) is 5.09. The number of hydrogen-bond donors (Lipinski definition) is 1. The van der Waals surface area contributed by atoms with Crippen LogP contribution in [0.2, 0.25) is 0 Å². The maximum Gasteiger partial charge on any atom is 0.272 e. The zero-order valence-corrected chi connectivity index (χ0v) is 12.3. The topological polar surface area (TPSA) is 58.4 Å². The van der Waals surface area contributed by atoms with Crippen molar-refractivity contribution in [2.75, 3.05) is 20.1 Å². The Morgan fingerprint density at radius 3 is 2.90 bits per heavy atom. The normalized spacial score (nSPS) is 19.2. The minimum Gasteiger partial charge on any atom is -0.313 e. The smallest absolute Gasteiger partial charge is 0.272 e. The molecule has 0 saturated carbocycles. The van der Waals surface area contributed by atoms with Gasteiger partial charge in [0.05, 0.1) is 4.92 Å². The van der Waals surface area contributed by atoms with Crippen molar-refractivity contribution in [2.45, 2.75) is 38.8 Å². The summed E-state index contributed by atoms with van der Waals surface area (Å²) in [6.45, 7) is 4.68. The van der Waals surface area contributed by atoms with Gasteiger partial charge in [-0.3, -0.25) is 10.1 Å². The molecule has 1 atom stereocenters. The molecule has 20 heavy (non-hydrogen) atoms. The van der Waals surface area contributed by atoms with Crippen molar-refractivity contribution in [3.63, 3.8) is 0 Å². The number of nitrogens with one attached hydrogen (secondary N) is 1. The molecule has 2 rings (SSSR count). The van der Waals surface area contributed by atoms with E-state index in [0.717, 1.165) is 30.8 Å². The quantitative estimate of drug-likeness (QED) is 0.663. The lowest BCUT2D eigenvalue weighted by molar-refractivity contribution is -0.385. The summed E-state index contributed by atoms with van der Waals surface area (Å²) in [5.74, 6) is 0. The number of nitro benzene ring substituents is 1. The molecule has 1 aromatic carbocycles. The van der Waals surface area contributed by atoms with Crippen molar-refractivity contribution in [3.05, 3.63) is 39.4 Å². The van der Waals surface area contributed by atoms with E-state index in [1.54, 1.807) is 12.1 Å². The van der Waals surface area contributed by atoms with E-state index >= 15 is 0 Å². The van der Waals surface area contributed by atoms with E-state index in [4.69, 9.17) is 0 Å². The minimum absolute atomic E-state index is 0.215. The highest BCUT2D eigenvalue weighted by atomic mass is 16.6. The monoisotopic (exact) mass is 277 g/mol. The van der Waals surface area contributed by atoms with Crippen LogP contribution in [0.1, 0.15) is 30.4 Å². The summed E-state index contributed by atoms with van der Waals surface area (Å²) in [4.78, 5) is 12.9. The summed E-state index contributed by atoms with van der Waals surface area (Å²) in [5.41, 5.74) is 2.03. The van der Waals surface area contributed by atoms with Gasteiger partial charge in [0.15, 0.2) is 0 Å². The van der Waals surface area contributed by atoms with E-state index in [1.165, 1.54) is 19.3 Å². The second-order valence-electron chi connectivity index (χ2n) is 5.66. The van der Waals surface area contributed by atoms with Crippen LogP contribution >= 0.6 is 0 Å². The number of hydrogen-bond acceptors (Lipinski definition) is 4. The standard InChI is InChI=1S/C15H23N3O2/c1-12-13(6-5-8-15(12)18(19)20)10-17(2)11-14-7-3-4-9-16-14/h5-6,8,14,16H,3-4,7,9-11H2,1-2H3. The zero-order chi connectivity index (χ0) is 14.5. The average molecular weight is 277 g/mol. The van der Waals surface area contributed by atoms with Gasteiger partial charge < -0.3 is 10.2 Å². The molecule has 1 unspecified atom stereocenters. The van der Waals surface area contributed by atoms with Crippen LogP contribution in [0.4, 0.5) is 5.69 Å². The molecule has 0 spiro atoms. The summed E-state index contributed by atoms with van der Waals surface area (Å²) in [5, 5.41) is 14.5. The van der Waals surface area contributed by atoms with Gasteiger partial charge >= 0.3 is 0 Å². The molecule has 0 aliphatic carbocycles. The molecule has 1 fully saturated rings. The van der Waals surface area contributed by atoms with Crippen LogP contribution in [0, 0.1) is 17.0 Å². The molecule has 0 amide bonds. The van der Waals surface area contributed by atoms with Gasteiger partial charge in [0, 0.05) is 30.8 Å². The van der Waals surface area contributed by atoms with Crippen molar-refractivity contribution in [1.29, 1.82) is 0 Å². The summed E-state index contributed by atoms with van der Waals surface area (Å²) >= 11 is 0. The van der Waals surface area contributed by atoms with Crippen LogP contribution in [-0.4, -0.2) is 36.0 Å². The molecular formula is C15H23N3O2. The first-order chi connectivity index (χ1) is 9.58. The first-order valence-electron chi connectivity index (χ1n) is 7.22. The van der Waals surface area contributed by atoms with Gasteiger partial charge in [-0.05, 0) is 38.9 Å². The van der Waals surface area contributed by atoms with Crippen molar-refractivity contribution < 1.29 is 4.92 Å². The third-order valence-electron chi connectivity index (χ3n) is 4.00. The van der Waals surface area contributed by atoms with Crippen LogP contribution in [0.5, 0.6) is 0 Å². The fraction of sp³-hybridized carbons (Fsp3) is 0.600. The molecular weight excluding hydrogens is 254 g/mol. The molecule has 0 bridgehead atoms. The molecule has 1 aromatic rings. The first-order valence-corrected chi connectivity index (χ1v) is 7.22. The van der Waals surface area contributed by atoms with Crippen LogP contribution < -0.4 is 5.32 Å². The van der Waals surface area contributed by atoms with Crippen LogP contribution in [0.3, 0.4) is 0 Å². The highest BCUT2D eigenvalue weighted by molar-refractivity contribution is 5.44. The Labute approximate surface area is 120 Å². The number of rotatable bonds is 5. The van der Waals surface area contributed by atoms with Crippen LogP contribution in [0.15, 0.2) is 18.2 Å². The number of nitrogens with zero attached hydrogens (tertiary/aromatic N) is 2. The number of nitro groups is 1. The number of piperidine rings is 1. The molecule has 0 aromatic heterocycles. The van der Waals surface area contributed by atoms with E-state index in [1.807, 2.05) is 13.0 Å². The molecule has 1 heterocycles. The van der Waals surface area contributed by atoms with Crippen molar-refractivity contribution in [1.82, 2.24) is 10.2 Å². The molecule has 5 heteroatoms. The van der Waals surface area contributed by atoms with E-state index in [0.29, 0.717) is 6.04 Å². The third-order valence-corrected chi connectivity index (χ3v) is 4.00. The Balaban J connectivity index is 1.98. The van der Waals surface area contributed by atoms with E-state index < -0.39 is 0 Å². The van der Waals surface area contributed by atoms with Gasteiger partial charge in [-0.15, -0.1) is 0 Å². The van der Waals surface area contributed by atoms with Gasteiger partial charge in [-0.2, -0.15) is 0 Å². The Morgan fingerprint density at radius 1 is 1.45 bits per heavy atom. The second-order valence-corrected chi connectivity index (χ2v) is 5.66. The highest BCUT2D eigenvalue weighted by Gasteiger charge is 2.17. The highest BCUT2D eigenvalue weighted by Crippen LogP contribution is 2.22. The second kappa shape index (κ2) is 6.81. The predicted molar refractivity (Wildman–Crippen MR) is 79.8 cm³/mol. The lowest BCUT2D eigenvalue weighted by Gasteiger charge is -2.28. The minimum atomic E-state index is -0.304. The number of benzene rings is 1. The zero-order valence-electron chi connectivity index (χ0n) is 12.3. The van der Waals surface area contributed by atoms with E-state index in [-0.39, 0.29) is 10.6 Å². The SMILES string of the molecule is Cc1c(CN(C)CC2CCCCN2)cccc1[N+](=O)[O-]. The molecule has 5 nitrogen and oxygen atoms in total. The average Bonchev–Trinajstić information content (AvgIpc) is 2.42. The fourth-order valence-electron chi connectivity index (χ4n) is 2.85. The number of likely N-dealkylation sites (N-methyl/N-ethyl adjacent to an activating group) is 1. The molecule has 0 radical (unpaired) electrons. The summed E-state index contributed by atoms with van der Waals surface area (Å²) in [7, 11) is 2.08. The van der Waals surface area contributed by atoms with E-state index in [2.05, 4.69) is 17.3 Å². The van der Waals surface area contributed by atoms with Gasteiger partial charge in [0.25, 0.3) is 5.69 Å². The van der Waals surface area contributed by atoms with Crippen molar-refractivity contribution >= 4 is 5.69 Å². The molecule has 1 saturated heterocycles. The van der Waals surface area contributed by atoms with E-state index in [9.17, 15) is 10.1 Å². The molecule has 1 N–H and O–H groups in total. The fourth-order valence-corrected chi connectivity index (χ4v) is 2.85. The Bertz CT molecular complexity index is 470. The Morgan fingerprint density at radius 2 is 2.25 bits per heavy atom. The molecule has 1 aliphatic rings. The predicted octanol–water partition coefficient (Wildman–Crippen LogP) is 2.48. The Hall–Kier alpha value is -1.46. The first kappa shape index (κ1) is 14.9. The molecule has 110 valence electrons. The van der Waals surface area contributed by atoms with Crippen LogP contribution in [0.25, 0.3) is 0 Å². The van der Waals surface area contributed by atoms with Gasteiger partial charge in [-0.25, -0.2) is 0 Å². The summed E-state index contributed by atoms with van der Waals surface area (Å²) < 4.78 is 0. The van der Waals surface area contributed by atoms with Crippen molar-refractivity contribution in [2.24, 2.45) is 0 Å². The summed E-state index contributed by atoms with van der Waals surface area (Å²) in [6.07, 6.45) is 3.78. The van der Waals surface area contributed by atoms with Gasteiger partial charge in [-0.1, -0.05) is 18.6 Å².